The van der Waals surface area contributed by atoms with Crippen LogP contribution in [0.4, 0.5) is 5.13 Å². The van der Waals surface area contributed by atoms with Gasteiger partial charge in [0, 0.05) is 10.9 Å². The Bertz CT molecular complexity index is 838. The summed E-state index contributed by atoms with van der Waals surface area (Å²) in [7, 11) is 0. The number of hydrazone groups is 1. The summed E-state index contributed by atoms with van der Waals surface area (Å²) in [6.07, 6.45) is 1.69. The lowest BCUT2D eigenvalue weighted by Crippen LogP contribution is -1.90. The lowest BCUT2D eigenvalue weighted by Gasteiger charge is -2.03. The van der Waals surface area contributed by atoms with Gasteiger partial charge in [-0.3, -0.25) is 5.43 Å². The second kappa shape index (κ2) is 6.62. The van der Waals surface area contributed by atoms with Gasteiger partial charge in [-0.2, -0.15) is 5.10 Å². The average Bonchev–Trinajstić information content (AvgIpc) is 2.98. The predicted octanol–water partition coefficient (Wildman–Crippen LogP) is 4.58. The summed E-state index contributed by atoms with van der Waals surface area (Å²) in [6.45, 7) is 4.18. The monoisotopic (exact) mass is 323 g/mol. The van der Waals surface area contributed by atoms with Gasteiger partial charge >= 0.3 is 0 Å². The van der Waals surface area contributed by atoms with Crippen molar-refractivity contribution in [3.8, 4) is 17.0 Å². The molecule has 2 N–H and O–H groups in total. The maximum atomic E-state index is 9.24. The molecule has 116 valence electrons. The van der Waals surface area contributed by atoms with Gasteiger partial charge in [-0.25, -0.2) is 4.98 Å². The van der Waals surface area contributed by atoms with Crippen LogP contribution in [0.25, 0.3) is 11.3 Å². The summed E-state index contributed by atoms with van der Waals surface area (Å²) in [4.78, 5) is 4.57. The fourth-order valence-corrected chi connectivity index (χ4v) is 2.93. The Morgan fingerprint density at radius 3 is 2.65 bits per heavy atom. The van der Waals surface area contributed by atoms with E-state index in [0.29, 0.717) is 0 Å². The van der Waals surface area contributed by atoms with Crippen molar-refractivity contribution in [2.45, 2.75) is 13.8 Å². The van der Waals surface area contributed by atoms with Crippen molar-refractivity contribution >= 4 is 22.7 Å². The number of aromatic nitrogens is 1. The van der Waals surface area contributed by atoms with E-state index in [-0.39, 0.29) is 5.75 Å². The zero-order valence-corrected chi connectivity index (χ0v) is 13.8. The molecule has 1 aromatic heterocycles. The molecule has 0 fully saturated rings. The smallest absolute Gasteiger partial charge is 0.203 e. The van der Waals surface area contributed by atoms with Gasteiger partial charge in [0.1, 0.15) is 5.75 Å². The number of aryl methyl sites for hydroxylation is 2. The molecule has 0 spiro atoms. The Morgan fingerprint density at radius 2 is 1.91 bits per heavy atom. The van der Waals surface area contributed by atoms with E-state index in [9.17, 15) is 5.11 Å². The molecule has 0 saturated carbocycles. The number of nitrogens with one attached hydrogen (secondary N) is 1. The first-order chi connectivity index (χ1) is 11.1. The van der Waals surface area contributed by atoms with Crippen LogP contribution in [0.5, 0.6) is 5.75 Å². The highest BCUT2D eigenvalue weighted by atomic mass is 32.1. The third kappa shape index (κ3) is 3.76. The Balaban J connectivity index is 1.71. The molecule has 0 unspecified atom stereocenters. The summed E-state index contributed by atoms with van der Waals surface area (Å²) < 4.78 is 0. The van der Waals surface area contributed by atoms with E-state index in [1.54, 1.807) is 30.5 Å². The van der Waals surface area contributed by atoms with Crippen molar-refractivity contribution < 1.29 is 5.11 Å². The first-order valence-electron chi connectivity index (χ1n) is 7.23. The van der Waals surface area contributed by atoms with Gasteiger partial charge in [0.2, 0.25) is 5.13 Å². The van der Waals surface area contributed by atoms with Crippen molar-refractivity contribution in [1.82, 2.24) is 4.98 Å². The van der Waals surface area contributed by atoms with Crippen molar-refractivity contribution in [3.05, 3.63) is 64.5 Å². The van der Waals surface area contributed by atoms with E-state index in [1.807, 2.05) is 5.38 Å². The maximum Gasteiger partial charge on any atom is 0.203 e. The summed E-state index contributed by atoms with van der Waals surface area (Å²) >= 11 is 1.52. The SMILES string of the molecule is Cc1ccc(-c2csc(N/N=C\c3ccc(O)cc3)n2)c(C)c1. The Hall–Kier alpha value is -2.66. The number of phenols is 1. The second-order valence-corrected chi connectivity index (χ2v) is 6.18. The molecule has 0 atom stereocenters. The van der Waals surface area contributed by atoms with Crippen LogP contribution in [0, 0.1) is 13.8 Å². The number of rotatable bonds is 4. The maximum absolute atomic E-state index is 9.24. The number of aromatic hydroxyl groups is 1. The van der Waals surface area contributed by atoms with E-state index in [2.05, 4.69) is 47.6 Å². The summed E-state index contributed by atoms with van der Waals surface area (Å²) in [5, 5.41) is 16.2. The Labute approximate surface area is 139 Å². The van der Waals surface area contributed by atoms with E-state index < -0.39 is 0 Å². The first-order valence-corrected chi connectivity index (χ1v) is 8.11. The molecule has 0 aliphatic rings. The van der Waals surface area contributed by atoms with Crippen molar-refractivity contribution in [2.75, 3.05) is 5.43 Å². The van der Waals surface area contributed by atoms with Crippen molar-refractivity contribution in [2.24, 2.45) is 5.10 Å². The molecule has 5 heteroatoms. The number of thiazole rings is 1. The minimum atomic E-state index is 0.244. The third-order valence-corrected chi connectivity index (χ3v) is 4.18. The minimum absolute atomic E-state index is 0.244. The summed E-state index contributed by atoms with van der Waals surface area (Å²) in [5.74, 6) is 0.244. The zero-order chi connectivity index (χ0) is 16.2. The van der Waals surface area contributed by atoms with Gasteiger partial charge in [-0.15, -0.1) is 11.3 Å². The molecule has 0 radical (unpaired) electrons. The molecule has 0 bridgehead atoms. The van der Waals surface area contributed by atoms with Gasteiger partial charge in [0.05, 0.1) is 11.9 Å². The van der Waals surface area contributed by atoms with Crippen LogP contribution in [0.15, 0.2) is 52.9 Å². The van der Waals surface area contributed by atoms with Crippen LogP contribution in [0.2, 0.25) is 0 Å². The highest BCUT2D eigenvalue weighted by Gasteiger charge is 2.06. The molecule has 23 heavy (non-hydrogen) atoms. The predicted molar refractivity (Wildman–Crippen MR) is 96.3 cm³/mol. The second-order valence-electron chi connectivity index (χ2n) is 5.32. The fourth-order valence-electron chi connectivity index (χ4n) is 2.27. The van der Waals surface area contributed by atoms with Crippen LogP contribution < -0.4 is 5.43 Å². The van der Waals surface area contributed by atoms with Gasteiger partial charge in [-0.05, 0) is 49.2 Å². The molecule has 0 aliphatic carbocycles. The van der Waals surface area contributed by atoms with E-state index >= 15 is 0 Å². The molecule has 0 saturated heterocycles. The highest BCUT2D eigenvalue weighted by molar-refractivity contribution is 7.14. The summed E-state index contributed by atoms with van der Waals surface area (Å²) in [5.41, 5.74) is 8.41. The number of benzene rings is 2. The lowest BCUT2D eigenvalue weighted by molar-refractivity contribution is 0.475. The average molecular weight is 323 g/mol. The van der Waals surface area contributed by atoms with Crippen LogP contribution in [-0.2, 0) is 0 Å². The molecule has 3 rings (SSSR count). The fraction of sp³-hybridized carbons (Fsp3) is 0.111. The quantitative estimate of drug-likeness (QED) is 0.546. The van der Waals surface area contributed by atoms with E-state index in [1.165, 1.54) is 22.5 Å². The van der Waals surface area contributed by atoms with Gasteiger partial charge in [0.15, 0.2) is 0 Å². The first kappa shape index (κ1) is 15.2. The van der Waals surface area contributed by atoms with Crippen molar-refractivity contribution in [3.63, 3.8) is 0 Å². The van der Waals surface area contributed by atoms with Crippen LogP contribution in [0.1, 0.15) is 16.7 Å². The molecule has 4 nitrogen and oxygen atoms in total. The largest absolute Gasteiger partial charge is 0.508 e. The van der Waals surface area contributed by atoms with Gasteiger partial charge in [0.25, 0.3) is 0 Å². The topological polar surface area (TPSA) is 57.5 Å². The van der Waals surface area contributed by atoms with Gasteiger partial charge in [-0.1, -0.05) is 23.8 Å². The Morgan fingerprint density at radius 1 is 1.13 bits per heavy atom. The normalized spacial score (nSPS) is 11.0. The summed E-state index contributed by atoms with van der Waals surface area (Å²) in [6, 6.07) is 13.2. The number of phenolic OH excluding ortho intramolecular Hbond substituents is 1. The molecule has 3 aromatic rings. The lowest BCUT2D eigenvalue weighted by atomic mass is 10.0. The van der Waals surface area contributed by atoms with Crippen LogP contribution in [0.3, 0.4) is 0 Å². The van der Waals surface area contributed by atoms with E-state index in [0.717, 1.165) is 22.0 Å². The molecule has 0 amide bonds. The van der Waals surface area contributed by atoms with Crippen molar-refractivity contribution in [1.29, 1.82) is 0 Å². The molecule has 1 heterocycles. The number of hydrogen-bond donors (Lipinski definition) is 2. The van der Waals surface area contributed by atoms with Crippen LogP contribution >= 0.6 is 11.3 Å². The highest BCUT2D eigenvalue weighted by Crippen LogP contribution is 2.27. The number of nitrogens with zero attached hydrogens (tertiary/aromatic N) is 2. The standard InChI is InChI=1S/C18H17N3OS/c1-12-3-8-16(13(2)9-12)17-11-23-18(20-17)21-19-10-14-4-6-15(22)7-5-14/h3-11,22H,1-2H3,(H,20,21)/b19-10-. The molecular weight excluding hydrogens is 306 g/mol. The third-order valence-electron chi connectivity index (χ3n) is 3.43. The zero-order valence-electron chi connectivity index (χ0n) is 12.9. The number of anilines is 1. The molecular formula is C18H17N3OS. The minimum Gasteiger partial charge on any atom is -0.508 e. The Kier molecular flexibility index (Phi) is 4.39. The van der Waals surface area contributed by atoms with Gasteiger partial charge < -0.3 is 5.11 Å². The number of hydrogen-bond acceptors (Lipinski definition) is 5. The molecule has 0 aliphatic heterocycles. The van der Waals surface area contributed by atoms with E-state index in [4.69, 9.17) is 0 Å². The molecule has 2 aromatic carbocycles. The van der Waals surface area contributed by atoms with Crippen LogP contribution in [-0.4, -0.2) is 16.3 Å².